The van der Waals surface area contributed by atoms with Gasteiger partial charge in [-0.3, -0.25) is 14.4 Å². The van der Waals surface area contributed by atoms with Crippen molar-refractivity contribution >= 4 is 30.4 Å². The van der Waals surface area contributed by atoms with Crippen molar-refractivity contribution in [2.45, 2.75) is 102 Å². The highest BCUT2D eigenvalue weighted by Crippen LogP contribution is 2.14. The van der Waals surface area contributed by atoms with Gasteiger partial charge in [-0.1, -0.05) is 243 Å². The molecule has 0 atom stereocenters. The lowest BCUT2D eigenvalue weighted by Crippen LogP contribution is -2.52. The molecule has 8 rings (SSSR count). The summed E-state index contributed by atoms with van der Waals surface area (Å²) < 4.78 is 76.4. The lowest BCUT2D eigenvalue weighted by atomic mass is 10.2. The topological polar surface area (TPSA) is 189 Å². The Bertz CT molecular complexity index is 2820. The lowest BCUT2D eigenvalue weighted by Gasteiger charge is -2.28. The Balaban J connectivity index is 0.997. The van der Waals surface area contributed by atoms with Gasteiger partial charge in [-0.15, -0.1) is 0 Å². The number of hydrogen-bond donors (Lipinski definition) is 3. The van der Waals surface area contributed by atoms with Crippen molar-refractivity contribution < 1.29 is 71.2 Å². The minimum absolute atomic E-state index is 0.0257. The van der Waals surface area contributed by atoms with Crippen molar-refractivity contribution in [2.75, 3.05) is 98.1 Å². The van der Waals surface area contributed by atoms with Gasteiger partial charge in [0.1, 0.15) is 37.5 Å². The molecule has 8 aromatic carbocycles. The van der Waals surface area contributed by atoms with Crippen LogP contribution >= 0.6 is 12.6 Å². The minimum atomic E-state index is -0.802. The molecule has 0 unspecified atom stereocenters. The predicted molar refractivity (Wildman–Crippen MR) is 391 cm³/mol. The van der Waals surface area contributed by atoms with Gasteiger partial charge in [0.05, 0.1) is 144 Å². The van der Waals surface area contributed by atoms with Crippen LogP contribution in [0.2, 0.25) is 0 Å². The quantitative estimate of drug-likeness (QED) is 0.0305. The number of amides is 3. The largest absolute Gasteiger partial charge is 0.374 e. The third-order valence-corrected chi connectivity index (χ3v) is 16.1. The second-order valence-corrected chi connectivity index (χ2v) is 24.9. The van der Waals surface area contributed by atoms with Gasteiger partial charge in [0.15, 0.2) is 0 Å². The van der Waals surface area contributed by atoms with Crippen LogP contribution in [0.3, 0.4) is 0 Å². The van der Waals surface area contributed by atoms with Crippen LogP contribution in [0.1, 0.15) is 57.3 Å². The molecule has 0 fully saturated rings. The minimum Gasteiger partial charge on any atom is -0.374 e. The summed E-state index contributed by atoms with van der Waals surface area (Å²) in [5.41, 5.74) is 7.95. The first-order chi connectivity index (χ1) is 49.8. The Morgan fingerprint density at radius 1 is 0.287 bits per heavy atom. The van der Waals surface area contributed by atoms with E-state index in [1.807, 2.05) is 243 Å². The van der Waals surface area contributed by atoms with Gasteiger partial charge in [0.2, 0.25) is 17.7 Å². The van der Waals surface area contributed by atoms with E-state index in [0.717, 1.165) is 44.5 Å². The highest BCUT2D eigenvalue weighted by Gasteiger charge is 2.27. The summed E-state index contributed by atoms with van der Waals surface area (Å²) in [4.78, 5) is 45.1. The zero-order chi connectivity index (χ0) is 70.3. The summed E-state index contributed by atoms with van der Waals surface area (Å²) in [5.74, 6) is -1.14. The van der Waals surface area contributed by atoms with Gasteiger partial charge in [-0.25, -0.2) is 0 Å². The molecular formula is C82H99N3O15S. The molecule has 19 heteroatoms. The molecule has 0 heterocycles. The summed E-state index contributed by atoms with van der Waals surface area (Å²) >= 11 is 4.41. The predicted octanol–water partition coefficient (Wildman–Crippen LogP) is 11.8. The molecule has 0 spiro atoms. The van der Waals surface area contributed by atoms with Crippen molar-refractivity contribution in [3.63, 3.8) is 0 Å². The Labute approximate surface area is 601 Å². The Morgan fingerprint density at radius 3 is 0.653 bits per heavy atom. The molecule has 0 aromatic heterocycles. The van der Waals surface area contributed by atoms with E-state index < -0.39 is 67.3 Å². The van der Waals surface area contributed by atoms with Crippen molar-refractivity contribution in [1.29, 1.82) is 0 Å². The van der Waals surface area contributed by atoms with E-state index in [0.29, 0.717) is 65.0 Å². The van der Waals surface area contributed by atoms with Crippen LogP contribution in [0.4, 0.5) is 0 Å². The molecule has 0 aliphatic rings. The molecule has 18 nitrogen and oxygen atoms in total. The smallest absolute Gasteiger partial charge is 0.240 e. The molecule has 8 aromatic rings. The molecule has 101 heavy (non-hydrogen) atoms. The molecule has 0 saturated heterocycles. The summed E-state index contributed by atoms with van der Waals surface area (Å²) in [6, 6.07) is 77.1. The first-order valence-electron chi connectivity index (χ1n) is 34.7. The number of thiol groups is 1. The van der Waals surface area contributed by atoms with E-state index in [1.54, 1.807) is 0 Å². The maximum atomic E-state index is 14.8. The summed E-state index contributed by atoms with van der Waals surface area (Å²) in [5, 5.41) is 6.21. The number of hydrogen-bond acceptors (Lipinski definition) is 16. The van der Waals surface area contributed by atoms with Gasteiger partial charge in [0.25, 0.3) is 0 Å². The maximum Gasteiger partial charge on any atom is 0.240 e. The van der Waals surface area contributed by atoms with Crippen molar-refractivity contribution in [3.8, 4) is 0 Å². The number of benzene rings is 8. The first kappa shape index (κ1) is 78.8. The molecule has 3 amide bonds. The van der Waals surface area contributed by atoms with Crippen molar-refractivity contribution in [1.82, 2.24) is 15.5 Å². The van der Waals surface area contributed by atoms with Gasteiger partial charge in [-0.05, 0) is 56.7 Å². The van der Waals surface area contributed by atoms with Crippen molar-refractivity contribution in [2.24, 2.45) is 0 Å². The highest BCUT2D eigenvalue weighted by atomic mass is 32.1. The zero-order valence-electron chi connectivity index (χ0n) is 57.8. The average molecular weight is 1400 g/mol. The molecule has 0 radical (unpaired) electrons. The number of ether oxygens (including phenoxy) is 12. The fourth-order valence-electron chi connectivity index (χ4n) is 10.4. The highest BCUT2D eigenvalue weighted by molar-refractivity contribution is 7.80. The third-order valence-electron chi connectivity index (χ3n) is 15.8. The van der Waals surface area contributed by atoms with E-state index in [2.05, 4.69) is 23.3 Å². The van der Waals surface area contributed by atoms with Gasteiger partial charge < -0.3 is 72.4 Å². The van der Waals surface area contributed by atoms with Crippen molar-refractivity contribution in [3.05, 3.63) is 287 Å². The van der Waals surface area contributed by atoms with Crippen LogP contribution in [0.5, 0.6) is 0 Å². The Morgan fingerprint density at radius 2 is 0.475 bits per heavy atom. The average Bonchev–Trinajstić information content (AvgIpc) is 1.31. The number of nitrogens with one attached hydrogen (secondary N) is 2. The van der Waals surface area contributed by atoms with Gasteiger partial charge in [0, 0.05) is 6.42 Å². The van der Waals surface area contributed by atoms with Crippen LogP contribution in [0.15, 0.2) is 243 Å². The Kier molecular flexibility index (Phi) is 38.0. The Hall–Kier alpha value is -7.96. The van der Waals surface area contributed by atoms with Gasteiger partial charge >= 0.3 is 0 Å². The lowest BCUT2D eigenvalue weighted by molar-refractivity contribution is -0.141. The summed E-state index contributed by atoms with van der Waals surface area (Å²) in [6.07, 6.45) is -1.90. The van der Waals surface area contributed by atoms with E-state index >= 15 is 0 Å². The monoisotopic (exact) mass is 1400 g/mol. The third kappa shape index (κ3) is 34.0. The first-order valence-corrected chi connectivity index (χ1v) is 35.3. The normalized spacial score (nSPS) is 11.6. The fraction of sp³-hybridized carbons (Fsp3) is 0.378. The zero-order valence-corrected chi connectivity index (χ0v) is 58.6. The van der Waals surface area contributed by atoms with Crippen LogP contribution in [0.25, 0.3) is 0 Å². The van der Waals surface area contributed by atoms with Crippen LogP contribution in [-0.2, 0) is 124 Å². The molecule has 0 aliphatic heterocycles. The van der Waals surface area contributed by atoms with E-state index in [-0.39, 0.29) is 85.7 Å². The molecule has 0 saturated carbocycles. The second-order valence-electron chi connectivity index (χ2n) is 24.4. The fourth-order valence-corrected chi connectivity index (χ4v) is 10.6. The maximum absolute atomic E-state index is 14.8. The molecule has 2 N–H and O–H groups in total. The second kappa shape index (κ2) is 48.8. The molecular weight excluding hydrogens is 1300 g/mol. The number of carbonyl (C=O) groups is 3. The number of carbonyl (C=O) groups excluding carboxylic acids is 3. The van der Waals surface area contributed by atoms with E-state index in [4.69, 9.17) is 56.8 Å². The van der Waals surface area contributed by atoms with Crippen LogP contribution in [0, 0.1) is 0 Å². The molecule has 0 bridgehead atoms. The summed E-state index contributed by atoms with van der Waals surface area (Å²) in [7, 11) is 0. The standard InChI is InChI=1S/C82H99N3O15S/c86-80(83-74(54-97-76(58-89-46-66-26-9-1-10-27-66)59-90-47-67-28-11-2-12-29-67)55-98-77(60-91-48-68-30-13-3-14-31-68)61-92-49-69-32-15-4-16-33-69)44-85(82(88)42-25-43-101)45-81(87)84-75(56-99-78(62-93-50-70-34-17-5-18-35-70)63-94-51-71-36-19-6-20-37-71)57-100-79(64-95-52-72-38-21-7-22-39-72)65-96-53-73-40-23-8-24-41-73/h1-24,26-41,74-79,101H,25,42-65H2,(H,83,86)(H,84,87). The SMILES string of the molecule is O=C(CN(CC(=O)NC(COC(COCc1ccccc1)COCc1ccccc1)COC(COCc1ccccc1)COCc1ccccc1)C(=O)CCCS)NC(COC(COCc1ccccc1)COCc1ccccc1)COC(COCc1ccccc1)COCc1ccccc1. The van der Waals surface area contributed by atoms with Gasteiger partial charge in [-0.2, -0.15) is 12.6 Å². The van der Waals surface area contributed by atoms with E-state index in [1.165, 1.54) is 4.90 Å². The van der Waals surface area contributed by atoms with E-state index in [9.17, 15) is 14.4 Å². The van der Waals surface area contributed by atoms with Crippen LogP contribution in [-0.4, -0.2) is 157 Å². The summed E-state index contributed by atoms with van der Waals surface area (Å²) in [6.45, 7) is 2.89. The molecule has 0 aliphatic carbocycles. The number of nitrogens with zero attached hydrogens (tertiary/aromatic N) is 1. The van der Waals surface area contributed by atoms with Crippen LogP contribution < -0.4 is 10.6 Å². The molecule has 538 valence electrons. The number of rotatable bonds is 53.